The minimum absolute atomic E-state index is 0.404. The molecule has 1 aromatic carbocycles. The van der Waals surface area contributed by atoms with Crippen molar-refractivity contribution in [2.45, 2.75) is 6.92 Å². The van der Waals surface area contributed by atoms with Crippen LogP contribution in [0.4, 0.5) is 0 Å². The van der Waals surface area contributed by atoms with Crippen LogP contribution in [0.25, 0.3) is 22.6 Å². The number of pyridine rings is 1. The number of imidazole rings is 1. The summed E-state index contributed by atoms with van der Waals surface area (Å²) >= 11 is 0. The van der Waals surface area contributed by atoms with Crippen LogP contribution in [-0.2, 0) is 0 Å². The van der Waals surface area contributed by atoms with Crippen molar-refractivity contribution in [1.82, 2.24) is 14.7 Å². The second-order valence-electron chi connectivity index (χ2n) is 4.99. The molecule has 0 aliphatic rings. The Hall–Kier alpha value is -3.02. The van der Waals surface area contributed by atoms with Crippen molar-refractivity contribution in [1.29, 1.82) is 0 Å². The fourth-order valence-corrected chi connectivity index (χ4v) is 2.51. The molecule has 0 amide bonds. The molecule has 0 saturated heterocycles. The summed E-state index contributed by atoms with van der Waals surface area (Å²) in [6, 6.07) is 9.04. The van der Waals surface area contributed by atoms with Crippen molar-refractivity contribution in [3.05, 3.63) is 48.4 Å². The Bertz CT molecular complexity index is 829. The number of hydrogen-bond acceptors (Lipinski definition) is 5. The van der Waals surface area contributed by atoms with Crippen LogP contribution in [-0.4, -0.2) is 34.1 Å². The SMILES string of the molecule is COc1ccc(-c2nc(C)c(-c3cccnc3)n2O)c(OC)c1. The molecule has 2 aromatic heterocycles. The Morgan fingerprint density at radius 1 is 1.13 bits per heavy atom. The third kappa shape index (κ3) is 2.59. The highest BCUT2D eigenvalue weighted by molar-refractivity contribution is 5.71. The number of aromatic nitrogens is 3. The van der Waals surface area contributed by atoms with Crippen LogP contribution in [0.2, 0.25) is 0 Å². The summed E-state index contributed by atoms with van der Waals surface area (Å²) in [6.07, 6.45) is 3.37. The monoisotopic (exact) mass is 311 g/mol. The van der Waals surface area contributed by atoms with Gasteiger partial charge in [-0.1, -0.05) is 0 Å². The Balaban J connectivity index is 2.16. The summed E-state index contributed by atoms with van der Waals surface area (Å²) in [5, 5.41) is 10.6. The first-order chi connectivity index (χ1) is 11.2. The minimum atomic E-state index is 0.404. The van der Waals surface area contributed by atoms with Gasteiger partial charge < -0.3 is 14.7 Å². The predicted molar refractivity (Wildman–Crippen MR) is 85.9 cm³/mol. The van der Waals surface area contributed by atoms with Crippen molar-refractivity contribution >= 4 is 0 Å². The van der Waals surface area contributed by atoms with E-state index in [1.807, 2.05) is 19.1 Å². The van der Waals surface area contributed by atoms with Gasteiger partial charge in [-0.25, -0.2) is 4.98 Å². The summed E-state index contributed by atoms with van der Waals surface area (Å²) < 4.78 is 11.7. The van der Waals surface area contributed by atoms with Gasteiger partial charge in [-0.05, 0) is 31.2 Å². The maximum absolute atomic E-state index is 10.6. The Kier molecular flexibility index (Phi) is 3.89. The van der Waals surface area contributed by atoms with Crippen LogP contribution in [0.3, 0.4) is 0 Å². The van der Waals surface area contributed by atoms with E-state index in [0.717, 1.165) is 10.3 Å². The zero-order chi connectivity index (χ0) is 16.4. The van der Waals surface area contributed by atoms with Gasteiger partial charge in [0.25, 0.3) is 0 Å². The molecule has 0 aliphatic heterocycles. The van der Waals surface area contributed by atoms with Crippen molar-refractivity contribution in [3.63, 3.8) is 0 Å². The minimum Gasteiger partial charge on any atom is -0.497 e. The standard InChI is InChI=1S/C17H17N3O3/c1-11-16(12-5-4-8-18-10-12)20(21)17(19-11)14-7-6-13(22-2)9-15(14)23-3/h4-10,21H,1-3H3. The highest BCUT2D eigenvalue weighted by atomic mass is 16.5. The Labute approximate surface area is 133 Å². The number of ether oxygens (including phenoxy) is 2. The van der Waals surface area contributed by atoms with Gasteiger partial charge in [0.05, 0.1) is 25.5 Å². The Morgan fingerprint density at radius 2 is 1.96 bits per heavy atom. The number of methoxy groups -OCH3 is 2. The molecule has 1 N–H and O–H groups in total. The summed E-state index contributed by atoms with van der Waals surface area (Å²) in [5.74, 6) is 1.65. The molecule has 118 valence electrons. The first-order valence-electron chi connectivity index (χ1n) is 7.07. The van der Waals surface area contributed by atoms with Gasteiger partial charge in [0.1, 0.15) is 17.2 Å². The van der Waals surface area contributed by atoms with Crippen LogP contribution in [0, 0.1) is 6.92 Å². The van der Waals surface area contributed by atoms with Gasteiger partial charge in [0.15, 0.2) is 5.82 Å². The molecule has 3 rings (SSSR count). The van der Waals surface area contributed by atoms with E-state index in [1.54, 1.807) is 44.8 Å². The average molecular weight is 311 g/mol. The summed E-state index contributed by atoms with van der Waals surface area (Å²) in [7, 11) is 3.16. The first-order valence-corrected chi connectivity index (χ1v) is 7.07. The molecule has 0 bridgehead atoms. The number of benzene rings is 1. The van der Waals surface area contributed by atoms with Gasteiger partial charge in [-0.3, -0.25) is 4.98 Å². The molecule has 6 nitrogen and oxygen atoms in total. The number of hydrogen-bond donors (Lipinski definition) is 1. The van der Waals surface area contributed by atoms with Crippen LogP contribution >= 0.6 is 0 Å². The van der Waals surface area contributed by atoms with Crippen LogP contribution < -0.4 is 9.47 Å². The van der Waals surface area contributed by atoms with Gasteiger partial charge >= 0.3 is 0 Å². The van der Waals surface area contributed by atoms with Gasteiger partial charge in [-0.15, -0.1) is 0 Å². The maximum atomic E-state index is 10.6. The lowest BCUT2D eigenvalue weighted by Crippen LogP contribution is -1.99. The number of nitrogens with zero attached hydrogens (tertiary/aromatic N) is 3. The molecule has 6 heteroatoms. The lowest BCUT2D eigenvalue weighted by atomic mass is 10.1. The fourth-order valence-electron chi connectivity index (χ4n) is 2.51. The molecule has 0 fully saturated rings. The number of aryl methyl sites for hydroxylation is 1. The average Bonchev–Trinajstić information content (AvgIpc) is 2.89. The largest absolute Gasteiger partial charge is 0.497 e. The van der Waals surface area contributed by atoms with E-state index in [4.69, 9.17) is 9.47 Å². The molecule has 0 aliphatic carbocycles. The van der Waals surface area contributed by atoms with Crippen molar-refractivity contribution < 1.29 is 14.7 Å². The summed E-state index contributed by atoms with van der Waals surface area (Å²) in [6.45, 7) is 1.84. The number of rotatable bonds is 4. The zero-order valence-electron chi connectivity index (χ0n) is 13.1. The van der Waals surface area contributed by atoms with Crippen molar-refractivity contribution in [2.75, 3.05) is 14.2 Å². The maximum Gasteiger partial charge on any atom is 0.180 e. The molecule has 2 heterocycles. The molecule has 0 unspecified atom stereocenters. The molecule has 0 spiro atoms. The molecule has 23 heavy (non-hydrogen) atoms. The van der Waals surface area contributed by atoms with Crippen molar-refractivity contribution in [3.8, 4) is 34.1 Å². The van der Waals surface area contributed by atoms with Crippen LogP contribution in [0.5, 0.6) is 11.5 Å². The second kappa shape index (κ2) is 6.00. The molecule has 0 radical (unpaired) electrons. The molecule has 0 atom stereocenters. The van der Waals surface area contributed by atoms with E-state index in [9.17, 15) is 5.21 Å². The highest BCUT2D eigenvalue weighted by Gasteiger charge is 2.20. The van der Waals surface area contributed by atoms with E-state index < -0.39 is 0 Å². The smallest absolute Gasteiger partial charge is 0.180 e. The zero-order valence-corrected chi connectivity index (χ0v) is 13.1. The normalized spacial score (nSPS) is 10.6. The molecular weight excluding hydrogens is 294 g/mol. The van der Waals surface area contributed by atoms with Crippen LogP contribution in [0.1, 0.15) is 5.69 Å². The van der Waals surface area contributed by atoms with Crippen molar-refractivity contribution in [2.24, 2.45) is 0 Å². The van der Waals surface area contributed by atoms with E-state index in [1.165, 1.54) is 0 Å². The molecule has 0 saturated carbocycles. The van der Waals surface area contributed by atoms with E-state index in [2.05, 4.69) is 9.97 Å². The molecule has 3 aromatic rings. The third-order valence-electron chi connectivity index (χ3n) is 3.61. The third-order valence-corrected chi connectivity index (χ3v) is 3.61. The lowest BCUT2D eigenvalue weighted by molar-refractivity contribution is 0.195. The van der Waals surface area contributed by atoms with E-state index in [-0.39, 0.29) is 0 Å². The Morgan fingerprint density at radius 3 is 2.61 bits per heavy atom. The van der Waals surface area contributed by atoms with Gasteiger partial charge in [-0.2, -0.15) is 4.73 Å². The highest BCUT2D eigenvalue weighted by Crippen LogP contribution is 2.35. The van der Waals surface area contributed by atoms with E-state index >= 15 is 0 Å². The van der Waals surface area contributed by atoms with E-state index in [0.29, 0.717) is 34.3 Å². The van der Waals surface area contributed by atoms with Crippen LogP contribution in [0.15, 0.2) is 42.7 Å². The summed E-state index contributed by atoms with van der Waals surface area (Å²) in [4.78, 5) is 8.57. The second-order valence-corrected chi connectivity index (χ2v) is 4.99. The van der Waals surface area contributed by atoms with Gasteiger partial charge in [0, 0.05) is 24.0 Å². The predicted octanol–water partition coefficient (Wildman–Crippen LogP) is 3.18. The topological polar surface area (TPSA) is 69.4 Å². The first kappa shape index (κ1) is 14.9. The molecular formula is C17H17N3O3. The lowest BCUT2D eigenvalue weighted by Gasteiger charge is -2.10. The quantitative estimate of drug-likeness (QED) is 0.749. The fraction of sp³-hybridized carbons (Fsp3) is 0.176. The van der Waals surface area contributed by atoms with Gasteiger partial charge in [0.2, 0.25) is 0 Å². The summed E-state index contributed by atoms with van der Waals surface area (Å²) in [5.41, 5.74) is 2.77.